The van der Waals surface area contributed by atoms with Crippen LogP contribution in [0.2, 0.25) is 0 Å². The van der Waals surface area contributed by atoms with E-state index in [0.29, 0.717) is 5.75 Å². The van der Waals surface area contributed by atoms with Crippen LogP contribution in [0.1, 0.15) is 17.5 Å². The summed E-state index contributed by atoms with van der Waals surface area (Å²) >= 11 is 11.3. The number of anilines is 2. The molecule has 0 aliphatic carbocycles. The molecule has 3 heterocycles. The molecule has 2 aromatic rings. The molecule has 0 amide bonds. The van der Waals surface area contributed by atoms with Crippen molar-refractivity contribution in [2.75, 3.05) is 49.5 Å². The number of fused-ring (bicyclic) bond motifs is 1. The molecular formula is C22H26Cl2N4O2. The number of carbonyl (C=O) groups is 1. The molecule has 6 nitrogen and oxygen atoms in total. The Kier molecular flexibility index (Phi) is 6.97. The van der Waals surface area contributed by atoms with Crippen molar-refractivity contribution in [2.45, 2.75) is 24.1 Å². The summed E-state index contributed by atoms with van der Waals surface area (Å²) in [5, 5.41) is 3.39. The number of hydrogen-bond acceptors (Lipinski definition) is 6. The van der Waals surface area contributed by atoms with E-state index in [9.17, 15) is 4.79 Å². The molecule has 0 bridgehead atoms. The van der Waals surface area contributed by atoms with Crippen molar-refractivity contribution >= 4 is 40.7 Å². The van der Waals surface area contributed by atoms with Crippen LogP contribution in [0, 0.1) is 0 Å². The standard InChI is InChI=1S/C22H26Cl2N4O2/c23-21(24)22(29)30-18-7-6-16(17-4-3-10-26-20(17)18)8-11-27-12-14-28(15-13-27)19-5-1-2-9-25-19/h1-2,5-7,9,21,26H,3-4,8,10-15H2. The number of ether oxygens (including phenoxy) is 1. The Morgan fingerprint density at radius 3 is 2.73 bits per heavy atom. The fraction of sp³-hybridized carbons (Fsp3) is 0.455. The number of hydrogen-bond donors (Lipinski definition) is 1. The van der Waals surface area contributed by atoms with Crippen LogP contribution in [0.15, 0.2) is 36.5 Å². The molecule has 1 fully saturated rings. The lowest BCUT2D eigenvalue weighted by Crippen LogP contribution is -2.47. The van der Waals surface area contributed by atoms with Crippen molar-refractivity contribution in [3.8, 4) is 5.75 Å². The molecule has 1 saturated heterocycles. The molecule has 30 heavy (non-hydrogen) atoms. The molecule has 4 rings (SSSR count). The van der Waals surface area contributed by atoms with Gasteiger partial charge in [-0.05, 0) is 48.6 Å². The van der Waals surface area contributed by atoms with Crippen molar-refractivity contribution in [3.63, 3.8) is 0 Å². The quantitative estimate of drug-likeness (QED) is 0.414. The smallest absolute Gasteiger partial charge is 0.344 e. The summed E-state index contributed by atoms with van der Waals surface area (Å²) in [6.45, 7) is 5.90. The minimum atomic E-state index is -1.19. The first kappa shape index (κ1) is 21.2. The Morgan fingerprint density at radius 2 is 2.00 bits per heavy atom. The third-order valence-electron chi connectivity index (χ3n) is 5.71. The number of nitrogens with one attached hydrogen (secondary N) is 1. The Morgan fingerprint density at radius 1 is 1.17 bits per heavy atom. The lowest BCUT2D eigenvalue weighted by atomic mass is 9.95. The van der Waals surface area contributed by atoms with Crippen LogP contribution < -0.4 is 15.0 Å². The summed E-state index contributed by atoms with van der Waals surface area (Å²) in [6, 6.07) is 9.97. The summed E-state index contributed by atoms with van der Waals surface area (Å²) in [6.07, 6.45) is 4.85. The van der Waals surface area contributed by atoms with Gasteiger partial charge in [0.05, 0.1) is 5.69 Å². The predicted molar refractivity (Wildman–Crippen MR) is 121 cm³/mol. The Labute approximate surface area is 187 Å². The maximum absolute atomic E-state index is 11.8. The van der Waals surface area contributed by atoms with E-state index in [4.69, 9.17) is 27.9 Å². The first-order chi connectivity index (χ1) is 14.6. The minimum Gasteiger partial charge on any atom is -0.422 e. The zero-order valence-electron chi connectivity index (χ0n) is 16.8. The fourth-order valence-electron chi connectivity index (χ4n) is 4.12. The van der Waals surface area contributed by atoms with Crippen LogP contribution in [0.25, 0.3) is 0 Å². The molecule has 0 unspecified atom stereocenters. The van der Waals surface area contributed by atoms with Gasteiger partial charge in [-0.15, -0.1) is 0 Å². The van der Waals surface area contributed by atoms with Gasteiger partial charge in [-0.2, -0.15) is 0 Å². The van der Waals surface area contributed by atoms with E-state index >= 15 is 0 Å². The van der Waals surface area contributed by atoms with Gasteiger partial charge in [0.1, 0.15) is 5.82 Å². The second kappa shape index (κ2) is 9.86. The molecule has 0 saturated carbocycles. The number of esters is 1. The predicted octanol–water partition coefficient (Wildman–Crippen LogP) is 3.51. The number of benzene rings is 1. The minimum absolute atomic E-state index is 0.508. The molecular weight excluding hydrogens is 423 g/mol. The molecule has 0 atom stereocenters. The average molecular weight is 449 g/mol. The molecule has 160 valence electrons. The number of rotatable bonds is 6. The summed E-state index contributed by atoms with van der Waals surface area (Å²) < 4.78 is 5.39. The Bertz CT molecular complexity index is 871. The number of alkyl halides is 2. The number of carbonyl (C=O) groups excluding carboxylic acids is 1. The molecule has 2 aliphatic heterocycles. The van der Waals surface area contributed by atoms with Gasteiger partial charge in [-0.1, -0.05) is 35.3 Å². The van der Waals surface area contributed by atoms with E-state index in [1.54, 1.807) is 0 Å². The summed E-state index contributed by atoms with van der Waals surface area (Å²) in [5.74, 6) is 0.915. The van der Waals surface area contributed by atoms with Gasteiger partial charge in [0.25, 0.3) is 0 Å². The van der Waals surface area contributed by atoms with E-state index in [1.165, 1.54) is 11.1 Å². The third-order valence-corrected chi connectivity index (χ3v) is 6.07. The monoisotopic (exact) mass is 448 g/mol. The van der Waals surface area contributed by atoms with E-state index < -0.39 is 10.8 Å². The molecule has 2 aliphatic rings. The van der Waals surface area contributed by atoms with E-state index in [0.717, 1.165) is 70.0 Å². The number of aromatic nitrogens is 1. The number of pyridine rings is 1. The summed E-state index contributed by atoms with van der Waals surface area (Å²) in [5.41, 5.74) is 3.44. The first-order valence-electron chi connectivity index (χ1n) is 10.4. The van der Waals surface area contributed by atoms with Crippen LogP contribution in [0.3, 0.4) is 0 Å². The molecule has 0 spiro atoms. The highest BCUT2D eigenvalue weighted by atomic mass is 35.5. The second-order valence-corrected chi connectivity index (χ2v) is 8.69. The molecule has 1 aromatic carbocycles. The number of halogens is 2. The first-order valence-corrected chi connectivity index (χ1v) is 11.3. The van der Waals surface area contributed by atoms with E-state index in [-0.39, 0.29) is 0 Å². The Balaban J connectivity index is 1.37. The zero-order chi connectivity index (χ0) is 20.9. The molecule has 1 N–H and O–H groups in total. The van der Waals surface area contributed by atoms with Gasteiger partial charge < -0.3 is 15.0 Å². The van der Waals surface area contributed by atoms with Gasteiger partial charge in [0.2, 0.25) is 4.84 Å². The molecule has 1 aromatic heterocycles. The summed E-state index contributed by atoms with van der Waals surface area (Å²) in [4.78, 5) is 19.9. The van der Waals surface area contributed by atoms with Gasteiger partial charge in [-0.25, -0.2) is 9.78 Å². The summed E-state index contributed by atoms with van der Waals surface area (Å²) in [7, 11) is 0. The highest BCUT2D eigenvalue weighted by Gasteiger charge is 2.23. The van der Waals surface area contributed by atoms with Crippen LogP contribution in [-0.4, -0.2) is 60.0 Å². The van der Waals surface area contributed by atoms with Crippen molar-refractivity contribution in [3.05, 3.63) is 47.7 Å². The van der Waals surface area contributed by atoms with Gasteiger partial charge in [-0.3, -0.25) is 4.90 Å². The van der Waals surface area contributed by atoms with Crippen molar-refractivity contribution < 1.29 is 9.53 Å². The highest BCUT2D eigenvalue weighted by molar-refractivity contribution is 6.53. The number of piperazine rings is 1. The Hall–Kier alpha value is -2.02. The maximum atomic E-state index is 11.8. The lowest BCUT2D eigenvalue weighted by molar-refractivity contribution is -0.132. The second-order valence-electron chi connectivity index (χ2n) is 7.60. The SMILES string of the molecule is O=C(Oc1ccc(CCN2CCN(c3ccccn3)CC2)c2c1NCCC2)C(Cl)Cl. The van der Waals surface area contributed by atoms with E-state index in [1.807, 2.05) is 24.4 Å². The normalized spacial score (nSPS) is 16.8. The fourth-order valence-corrected chi connectivity index (χ4v) is 4.21. The maximum Gasteiger partial charge on any atom is 0.344 e. The molecule has 8 heteroatoms. The largest absolute Gasteiger partial charge is 0.422 e. The average Bonchev–Trinajstić information content (AvgIpc) is 2.79. The third kappa shape index (κ3) is 4.99. The van der Waals surface area contributed by atoms with Gasteiger partial charge in [0, 0.05) is 45.5 Å². The van der Waals surface area contributed by atoms with Crippen molar-refractivity contribution in [1.82, 2.24) is 9.88 Å². The van der Waals surface area contributed by atoms with Crippen LogP contribution >= 0.6 is 23.2 Å². The van der Waals surface area contributed by atoms with Crippen LogP contribution in [0.5, 0.6) is 5.75 Å². The van der Waals surface area contributed by atoms with Gasteiger partial charge in [0.15, 0.2) is 5.75 Å². The van der Waals surface area contributed by atoms with Gasteiger partial charge >= 0.3 is 5.97 Å². The lowest BCUT2D eigenvalue weighted by Gasteiger charge is -2.35. The molecule has 0 radical (unpaired) electrons. The highest BCUT2D eigenvalue weighted by Crippen LogP contribution is 2.35. The van der Waals surface area contributed by atoms with Crippen LogP contribution in [-0.2, 0) is 17.6 Å². The van der Waals surface area contributed by atoms with Crippen LogP contribution in [0.4, 0.5) is 11.5 Å². The topological polar surface area (TPSA) is 57.7 Å². The van der Waals surface area contributed by atoms with Crippen molar-refractivity contribution in [2.24, 2.45) is 0 Å². The number of nitrogens with zero attached hydrogens (tertiary/aromatic N) is 3. The van der Waals surface area contributed by atoms with E-state index in [2.05, 4.69) is 32.2 Å². The zero-order valence-corrected chi connectivity index (χ0v) is 18.3. The van der Waals surface area contributed by atoms with Crippen molar-refractivity contribution in [1.29, 1.82) is 0 Å².